The number of nitrogens with one attached hydrogen (secondary N) is 1. The van der Waals surface area contributed by atoms with Crippen LogP contribution in [0.25, 0.3) is 0 Å². The van der Waals surface area contributed by atoms with Crippen molar-refractivity contribution in [1.82, 2.24) is 14.9 Å². The smallest absolute Gasteiger partial charge is 0.277 e. The summed E-state index contributed by atoms with van der Waals surface area (Å²) in [6.07, 6.45) is 2.60. The van der Waals surface area contributed by atoms with Crippen molar-refractivity contribution in [3.8, 4) is 11.5 Å². The maximum atomic E-state index is 13.7. The molecule has 2 aliphatic rings. The van der Waals surface area contributed by atoms with Crippen LogP contribution in [0.5, 0.6) is 11.5 Å². The predicted molar refractivity (Wildman–Crippen MR) is 142 cm³/mol. The van der Waals surface area contributed by atoms with Gasteiger partial charge in [0.05, 0.1) is 12.8 Å². The van der Waals surface area contributed by atoms with Crippen LogP contribution in [0, 0.1) is 17.6 Å². The SMILES string of the molecule is CCOc1ccc(/C=N/NC(=O)COc2ccc(F)cc2F)cc1CN1CC2CC(C1)c1cccc(=O)n1C2. The molecule has 0 radical (unpaired) electrons. The van der Waals surface area contributed by atoms with Gasteiger partial charge in [-0.25, -0.2) is 14.2 Å². The summed E-state index contributed by atoms with van der Waals surface area (Å²) in [6.45, 7) is 5.18. The summed E-state index contributed by atoms with van der Waals surface area (Å²) >= 11 is 0. The van der Waals surface area contributed by atoms with Crippen LogP contribution in [-0.4, -0.2) is 47.9 Å². The van der Waals surface area contributed by atoms with Gasteiger partial charge in [-0.05, 0) is 61.2 Å². The molecule has 2 atom stereocenters. The highest BCUT2D eigenvalue weighted by molar-refractivity contribution is 5.83. The van der Waals surface area contributed by atoms with E-state index in [0.717, 1.165) is 60.8 Å². The molecule has 8 nitrogen and oxygen atoms in total. The molecule has 1 amide bonds. The first-order valence-corrected chi connectivity index (χ1v) is 13.0. The van der Waals surface area contributed by atoms with Gasteiger partial charge < -0.3 is 14.0 Å². The van der Waals surface area contributed by atoms with Crippen LogP contribution in [-0.2, 0) is 17.9 Å². The van der Waals surface area contributed by atoms with Gasteiger partial charge in [0.15, 0.2) is 18.2 Å². The largest absolute Gasteiger partial charge is 0.494 e. The van der Waals surface area contributed by atoms with Gasteiger partial charge in [0.25, 0.3) is 11.5 Å². The minimum atomic E-state index is -0.885. The second-order valence-electron chi connectivity index (χ2n) is 9.85. The first-order chi connectivity index (χ1) is 18.9. The highest BCUT2D eigenvalue weighted by Gasteiger charge is 2.34. The maximum absolute atomic E-state index is 13.7. The summed E-state index contributed by atoms with van der Waals surface area (Å²) in [4.78, 5) is 26.8. The van der Waals surface area contributed by atoms with Gasteiger partial charge in [-0.3, -0.25) is 14.5 Å². The lowest BCUT2D eigenvalue weighted by Crippen LogP contribution is -2.46. The van der Waals surface area contributed by atoms with E-state index in [4.69, 9.17) is 9.47 Å². The second kappa shape index (κ2) is 11.8. The number of hydrazone groups is 1. The molecule has 3 heterocycles. The molecule has 0 aliphatic carbocycles. The van der Waals surface area contributed by atoms with Crippen molar-refractivity contribution < 1.29 is 23.0 Å². The standard InChI is InChI=1S/C29H30F2N4O4/c1-2-38-26-8-6-19(13-32-33-28(36)18-39-27-9-7-23(30)12-24(27)31)10-22(26)17-34-14-20-11-21(16-34)25-4-3-5-29(37)35(25)15-20/h3-10,12-13,20-21H,2,11,14-18H2,1H3,(H,33,36)/b32-13+. The van der Waals surface area contributed by atoms with E-state index < -0.39 is 24.1 Å². The fraction of sp³-hybridized carbons (Fsp3) is 0.345. The van der Waals surface area contributed by atoms with Crippen LogP contribution in [0.2, 0.25) is 0 Å². The molecule has 10 heteroatoms. The van der Waals surface area contributed by atoms with Crippen molar-refractivity contribution in [2.45, 2.75) is 32.4 Å². The number of hydrogen-bond acceptors (Lipinski definition) is 6. The number of amides is 1. The van der Waals surface area contributed by atoms with Crippen LogP contribution in [0.15, 0.2) is 64.5 Å². The third kappa shape index (κ3) is 6.34. The van der Waals surface area contributed by atoms with Gasteiger partial charge in [0, 0.05) is 55.5 Å². The number of nitrogens with zero attached hydrogens (tertiary/aromatic N) is 3. The first-order valence-electron chi connectivity index (χ1n) is 13.0. The molecule has 1 saturated heterocycles. The summed E-state index contributed by atoms with van der Waals surface area (Å²) in [7, 11) is 0. The van der Waals surface area contributed by atoms with E-state index >= 15 is 0 Å². The summed E-state index contributed by atoms with van der Waals surface area (Å²) in [5.41, 5.74) is 5.31. The average Bonchev–Trinajstić information content (AvgIpc) is 2.90. The molecule has 3 aromatic rings. The van der Waals surface area contributed by atoms with E-state index in [0.29, 0.717) is 31.1 Å². The normalized spacial score (nSPS) is 18.5. The molecule has 1 fully saturated rings. The highest BCUT2D eigenvalue weighted by atomic mass is 19.1. The Morgan fingerprint density at radius 2 is 1.92 bits per heavy atom. The number of pyridine rings is 1. The van der Waals surface area contributed by atoms with Gasteiger partial charge in [0.1, 0.15) is 11.6 Å². The number of aromatic nitrogens is 1. The summed E-state index contributed by atoms with van der Waals surface area (Å²) in [5.74, 6) is -0.896. The van der Waals surface area contributed by atoms with E-state index in [-0.39, 0.29) is 11.3 Å². The zero-order valence-electron chi connectivity index (χ0n) is 21.6. The van der Waals surface area contributed by atoms with Crippen LogP contribution < -0.4 is 20.5 Å². The number of fused-ring (bicyclic) bond motifs is 4. The van der Waals surface area contributed by atoms with Crippen molar-refractivity contribution in [3.05, 3.63) is 93.4 Å². The number of hydrogen-bond donors (Lipinski definition) is 1. The number of carbonyl (C=O) groups excluding carboxylic acids is 1. The maximum Gasteiger partial charge on any atom is 0.277 e. The molecule has 0 spiro atoms. The monoisotopic (exact) mass is 536 g/mol. The van der Waals surface area contributed by atoms with Gasteiger partial charge in [-0.2, -0.15) is 5.10 Å². The Bertz CT molecular complexity index is 1440. The molecule has 2 aliphatic heterocycles. The van der Waals surface area contributed by atoms with E-state index in [1.807, 2.05) is 35.8 Å². The third-order valence-electron chi connectivity index (χ3n) is 6.99. The molecule has 1 N–H and O–H groups in total. The van der Waals surface area contributed by atoms with Crippen molar-refractivity contribution >= 4 is 12.1 Å². The van der Waals surface area contributed by atoms with Crippen LogP contribution in [0.3, 0.4) is 0 Å². The molecule has 0 saturated carbocycles. The zero-order valence-corrected chi connectivity index (χ0v) is 21.6. The third-order valence-corrected chi connectivity index (χ3v) is 6.99. The molecule has 39 heavy (non-hydrogen) atoms. The van der Waals surface area contributed by atoms with Crippen molar-refractivity contribution in [2.24, 2.45) is 11.0 Å². The molecule has 2 bridgehead atoms. The van der Waals surface area contributed by atoms with E-state index in [2.05, 4.69) is 21.5 Å². The Balaban J connectivity index is 1.22. The minimum Gasteiger partial charge on any atom is -0.494 e. The summed E-state index contributed by atoms with van der Waals surface area (Å²) in [5, 5.41) is 3.99. The Hall–Kier alpha value is -4.05. The lowest BCUT2D eigenvalue weighted by molar-refractivity contribution is -0.123. The number of carbonyl (C=O) groups is 1. The molecular formula is C29H30F2N4O4. The van der Waals surface area contributed by atoms with Gasteiger partial charge in [-0.15, -0.1) is 0 Å². The number of likely N-dealkylation sites (tertiary alicyclic amines) is 1. The fourth-order valence-corrected chi connectivity index (χ4v) is 5.41. The molecule has 2 aromatic carbocycles. The van der Waals surface area contributed by atoms with Crippen molar-refractivity contribution in [3.63, 3.8) is 0 Å². The van der Waals surface area contributed by atoms with E-state index in [1.54, 1.807) is 6.07 Å². The Kier molecular flexibility index (Phi) is 8.02. The van der Waals surface area contributed by atoms with Gasteiger partial charge in [-0.1, -0.05) is 6.07 Å². The Morgan fingerprint density at radius 1 is 1.08 bits per heavy atom. The number of benzene rings is 2. The van der Waals surface area contributed by atoms with E-state index in [1.165, 1.54) is 6.21 Å². The first kappa shape index (κ1) is 26.6. The zero-order chi connectivity index (χ0) is 27.4. The Labute approximate surface area is 224 Å². The number of halogens is 2. The molecule has 1 aromatic heterocycles. The van der Waals surface area contributed by atoms with E-state index in [9.17, 15) is 18.4 Å². The van der Waals surface area contributed by atoms with Crippen LogP contribution >= 0.6 is 0 Å². The molecule has 204 valence electrons. The highest BCUT2D eigenvalue weighted by Crippen LogP contribution is 2.36. The molecule has 2 unspecified atom stereocenters. The Morgan fingerprint density at radius 3 is 2.74 bits per heavy atom. The lowest BCUT2D eigenvalue weighted by Gasteiger charge is -2.43. The number of rotatable bonds is 9. The topological polar surface area (TPSA) is 85.2 Å². The number of piperidine rings is 1. The van der Waals surface area contributed by atoms with Crippen LogP contribution in [0.4, 0.5) is 8.78 Å². The minimum absolute atomic E-state index is 0.0718. The molecular weight excluding hydrogens is 506 g/mol. The average molecular weight is 537 g/mol. The lowest BCUT2D eigenvalue weighted by atomic mass is 9.83. The number of ether oxygens (including phenoxy) is 2. The fourth-order valence-electron chi connectivity index (χ4n) is 5.41. The summed E-state index contributed by atoms with van der Waals surface area (Å²) < 4.78 is 39.6. The molecule has 5 rings (SSSR count). The predicted octanol–water partition coefficient (Wildman–Crippen LogP) is 3.67. The summed E-state index contributed by atoms with van der Waals surface area (Å²) in [6, 6.07) is 14.1. The second-order valence-corrected chi connectivity index (χ2v) is 9.85. The van der Waals surface area contributed by atoms with Gasteiger partial charge >= 0.3 is 0 Å². The van der Waals surface area contributed by atoms with Crippen molar-refractivity contribution in [2.75, 3.05) is 26.3 Å². The van der Waals surface area contributed by atoms with Crippen LogP contribution in [0.1, 0.15) is 36.1 Å². The van der Waals surface area contributed by atoms with Gasteiger partial charge in [0.2, 0.25) is 0 Å². The quantitative estimate of drug-likeness (QED) is 0.333. The van der Waals surface area contributed by atoms with Crippen molar-refractivity contribution in [1.29, 1.82) is 0 Å².